The molecule has 8 aromatic rings. The van der Waals surface area contributed by atoms with E-state index in [-0.39, 0.29) is 10.8 Å². The zero-order valence-corrected chi connectivity index (χ0v) is 41.5. The monoisotopic (exact) mass is 917 g/mol. The molecule has 60 heavy (non-hydrogen) atoms. The first-order valence-electron chi connectivity index (χ1n) is 21.3. The Morgan fingerprint density at radius 2 is 0.983 bits per heavy atom. The van der Waals surface area contributed by atoms with Crippen molar-refractivity contribution in [2.75, 3.05) is 0 Å². The van der Waals surface area contributed by atoms with E-state index in [1.54, 1.807) is 0 Å². The summed E-state index contributed by atoms with van der Waals surface area (Å²) in [6.45, 7) is 18.2. The molecule has 306 valence electrons. The van der Waals surface area contributed by atoms with E-state index in [1.807, 2.05) is 6.07 Å². The largest absolute Gasteiger partial charge is 0.184 e. The van der Waals surface area contributed by atoms with Crippen molar-refractivity contribution >= 4 is 58.5 Å². The molecule has 0 saturated heterocycles. The average molecular weight is 920 g/mol. The minimum absolute atomic E-state index is 0.192. The third-order valence-electron chi connectivity index (χ3n) is 11.2. The van der Waals surface area contributed by atoms with Gasteiger partial charge in [-0.15, -0.1) is 74.6 Å². The van der Waals surface area contributed by atoms with Crippen LogP contribution in [0.4, 0.5) is 0 Å². The molecule has 9 rings (SSSR count). The minimum Gasteiger partial charge on any atom is -0.184 e. The van der Waals surface area contributed by atoms with Gasteiger partial charge in [0.2, 0.25) is 0 Å². The van der Waals surface area contributed by atoms with Gasteiger partial charge >= 0.3 is 37.9 Å². The van der Waals surface area contributed by atoms with Crippen molar-refractivity contribution in [2.24, 2.45) is 0 Å². The number of hydrogen-bond acceptors (Lipinski definition) is 0. The van der Waals surface area contributed by atoms with E-state index in [2.05, 4.69) is 207 Å². The van der Waals surface area contributed by atoms with Crippen molar-refractivity contribution in [3.8, 4) is 33.4 Å². The van der Waals surface area contributed by atoms with Gasteiger partial charge in [0.25, 0.3) is 0 Å². The molecule has 0 aromatic heterocycles. The van der Waals surface area contributed by atoms with Gasteiger partial charge in [0, 0.05) is 0 Å². The summed E-state index contributed by atoms with van der Waals surface area (Å²) in [5, 5.41) is 8.36. The van der Waals surface area contributed by atoms with Crippen molar-refractivity contribution in [1.29, 1.82) is 0 Å². The van der Waals surface area contributed by atoms with Gasteiger partial charge in [0.15, 0.2) is 0 Å². The molecule has 8 aromatic carbocycles. The average Bonchev–Trinajstić information content (AvgIpc) is 3.98. The molecule has 0 nitrogen and oxygen atoms in total. The Balaban J connectivity index is 0.000000150. The molecule has 0 N–H and O–H groups in total. The normalized spacial score (nSPS) is 11.7. The molecule has 1 heterocycles. The van der Waals surface area contributed by atoms with Crippen LogP contribution in [0.5, 0.6) is 0 Å². The van der Waals surface area contributed by atoms with Gasteiger partial charge in [-0.2, -0.15) is 41.6 Å². The number of rotatable bonds is 6. The fourth-order valence-electron chi connectivity index (χ4n) is 8.09. The molecule has 2 radical (unpaired) electrons. The summed E-state index contributed by atoms with van der Waals surface area (Å²) in [5.41, 5.74) is 14.5. The SMILES string of the molecule is CCCc1ccc2[cH-]c(C(C)(C)C)cc2c1-c1ccccc1.CCCc1ccc2[cH-]c(C(C)(C)C)cc2c1-c1ccccc1.[Cl][Zr][Cl].[c-]1cccc2c1[Si]c1ccccc1-2. The van der Waals surface area contributed by atoms with Gasteiger partial charge in [0.05, 0.1) is 9.52 Å². The van der Waals surface area contributed by atoms with E-state index in [9.17, 15) is 0 Å². The standard InChI is InChI=1S/2C22H25.C12H7Si.2ClH.Zr/c2*1-5-9-16-12-13-18-14-19(22(2,3)4)15-20(18)21(16)17-10-7-6-8-11-17;1-3-7-11-9(5-1)10-6-2-4-8-12(10)13-11;;;/h2*6-8,10-15H,5,9H2,1-4H3;1-7H;2*1H;/q3*-1;;;+2/p-2. The maximum atomic E-state index is 4.93. The number of benzene rings is 6. The first kappa shape index (κ1) is 45.7. The molecule has 0 saturated carbocycles. The summed E-state index contributed by atoms with van der Waals surface area (Å²) >= 11 is -0.826. The second kappa shape index (κ2) is 20.9. The van der Waals surface area contributed by atoms with Gasteiger partial charge in [0.1, 0.15) is 0 Å². The maximum Gasteiger partial charge on any atom is 0.0920 e. The number of fused-ring (bicyclic) bond motifs is 5. The van der Waals surface area contributed by atoms with Gasteiger partial charge < -0.3 is 0 Å². The first-order chi connectivity index (χ1) is 28.9. The third-order valence-corrected chi connectivity index (χ3v) is 12.6. The summed E-state index contributed by atoms with van der Waals surface area (Å²) in [6, 6.07) is 58.6. The van der Waals surface area contributed by atoms with Crippen LogP contribution in [0, 0.1) is 6.07 Å². The molecule has 0 fully saturated rings. The predicted octanol–water partition coefficient (Wildman–Crippen LogP) is 15.5. The van der Waals surface area contributed by atoms with E-state index >= 15 is 0 Å². The van der Waals surface area contributed by atoms with Crippen LogP contribution in [0.3, 0.4) is 0 Å². The molecule has 0 bridgehead atoms. The van der Waals surface area contributed by atoms with Crippen LogP contribution in [0.2, 0.25) is 0 Å². The summed E-state index contributed by atoms with van der Waals surface area (Å²) in [6.07, 6.45) is 4.63. The van der Waals surface area contributed by atoms with Crippen LogP contribution >= 0.6 is 17.0 Å². The third kappa shape index (κ3) is 11.0. The Bertz CT molecular complexity index is 2420. The molecule has 0 aliphatic carbocycles. The Kier molecular flexibility index (Phi) is 15.9. The maximum absolute atomic E-state index is 4.93. The van der Waals surface area contributed by atoms with Crippen LogP contribution in [0.25, 0.3) is 54.9 Å². The van der Waals surface area contributed by atoms with Crippen molar-refractivity contribution in [3.63, 3.8) is 0 Å². The van der Waals surface area contributed by atoms with Crippen molar-refractivity contribution < 1.29 is 20.8 Å². The molecule has 0 atom stereocenters. The number of hydrogen-bond donors (Lipinski definition) is 0. The Morgan fingerprint density at radius 3 is 1.43 bits per heavy atom. The van der Waals surface area contributed by atoms with E-state index in [4.69, 9.17) is 17.0 Å². The Morgan fingerprint density at radius 1 is 0.550 bits per heavy atom. The van der Waals surface area contributed by atoms with Crippen molar-refractivity contribution in [1.82, 2.24) is 0 Å². The van der Waals surface area contributed by atoms with Gasteiger partial charge in [-0.25, -0.2) is 0 Å². The molecule has 1 aliphatic rings. The summed E-state index contributed by atoms with van der Waals surface area (Å²) in [5.74, 6) is 0. The molecule has 0 unspecified atom stereocenters. The van der Waals surface area contributed by atoms with E-state index in [0.29, 0.717) is 0 Å². The summed E-state index contributed by atoms with van der Waals surface area (Å²) in [7, 11) is 10.7. The van der Waals surface area contributed by atoms with Gasteiger partial charge in [-0.05, 0) is 34.8 Å². The van der Waals surface area contributed by atoms with Crippen molar-refractivity contribution in [2.45, 2.75) is 91.9 Å². The second-order valence-corrected chi connectivity index (χ2v) is 22.6. The molecular weight excluding hydrogens is 863 g/mol. The zero-order valence-electron chi connectivity index (χ0n) is 36.5. The van der Waals surface area contributed by atoms with Gasteiger partial charge in [-0.3, -0.25) is 0 Å². The Labute approximate surface area is 381 Å². The van der Waals surface area contributed by atoms with E-state index in [1.165, 1.54) is 100 Å². The van der Waals surface area contributed by atoms with Gasteiger partial charge in [-0.1, -0.05) is 186 Å². The van der Waals surface area contributed by atoms with Crippen LogP contribution in [0.1, 0.15) is 90.5 Å². The fourth-order valence-corrected chi connectivity index (χ4v) is 9.40. The van der Waals surface area contributed by atoms with Crippen LogP contribution in [-0.2, 0) is 44.5 Å². The fraction of sp³-hybridized carbons (Fsp3) is 0.250. The van der Waals surface area contributed by atoms with Crippen molar-refractivity contribution in [3.05, 3.63) is 180 Å². The van der Waals surface area contributed by atoms with E-state index in [0.717, 1.165) is 22.4 Å². The summed E-state index contributed by atoms with van der Waals surface area (Å²) < 4.78 is 0. The predicted molar refractivity (Wildman–Crippen MR) is 263 cm³/mol. The Hall–Kier alpha value is -3.78. The van der Waals surface area contributed by atoms with Crippen LogP contribution in [0.15, 0.2) is 152 Å². The van der Waals surface area contributed by atoms with Crippen LogP contribution in [-0.4, -0.2) is 9.52 Å². The summed E-state index contributed by atoms with van der Waals surface area (Å²) in [4.78, 5) is 0. The quantitative estimate of drug-likeness (QED) is 0.115. The molecule has 4 heteroatoms. The topological polar surface area (TPSA) is 0 Å². The smallest absolute Gasteiger partial charge is 0.0920 e. The number of aryl methyl sites for hydroxylation is 2. The van der Waals surface area contributed by atoms with Crippen LogP contribution < -0.4 is 10.4 Å². The molecule has 0 spiro atoms. The minimum atomic E-state index is -0.826. The number of halogens is 2. The van der Waals surface area contributed by atoms with E-state index < -0.39 is 20.8 Å². The molecule has 1 aliphatic heterocycles. The zero-order chi connectivity index (χ0) is 42.9. The molecule has 0 amide bonds. The molecular formula is C56H57Cl2SiZr-3. The first-order valence-corrected chi connectivity index (χ1v) is 28.6. The second-order valence-electron chi connectivity index (χ2n) is 17.6.